The first kappa shape index (κ1) is 24.5. The molecule has 1 fully saturated rings. The van der Waals surface area contributed by atoms with E-state index < -0.39 is 20.0 Å². The summed E-state index contributed by atoms with van der Waals surface area (Å²) < 4.78 is 53.4. The topological polar surface area (TPSA) is 104 Å². The molecule has 0 saturated heterocycles. The molecule has 2 aromatic carbocycles. The number of anilines is 2. The summed E-state index contributed by atoms with van der Waals surface area (Å²) in [5, 5.41) is 3.49. The Hall–Kier alpha value is -2.10. The van der Waals surface area contributed by atoms with Crippen LogP contribution in [0.25, 0.3) is 0 Å². The highest BCUT2D eigenvalue weighted by Gasteiger charge is 2.20. The van der Waals surface area contributed by atoms with Crippen LogP contribution < -0.4 is 14.8 Å². The fraction of sp³-hybridized carbons (Fsp3) is 0.478. The molecular weight excluding hydrogens is 446 g/mol. The molecule has 0 aliphatic heterocycles. The van der Waals surface area contributed by atoms with Crippen LogP contribution in [0.4, 0.5) is 11.4 Å². The van der Waals surface area contributed by atoms with Crippen LogP contribution in [-0.4, -0.2) is 29.6 Å². The molecule has 0 bridgehead atoms. The summed E-state index contributed by atoms with van der Waals surface area (Å²) in [5.74, 6) is 1.36. The van der Waals surface area contributed by atoms with E-state index in [2.05, 4.69) is 21.7 Å². The van der Waals surface area contributed by atoms with Crippen LogP contribution in [0.1, 0.15) is 44.6 Å². The van der Waals surface area contributed by atoms with Crippen LogP contribution >= 0.6 is 0 Å². The Labute approximate surface area is 192 Å². The second-order valence-electron chi connectivity index (χ2n) is 8.67. The third-order valence-electron chi connectivity index (χ3n) is 5.97. The van der Waals surface area contributed by atoms with Crippen LogP contribution in [0.15, 0.2) is 53.4 Å². The summed E-state index contributed by atoms with van der Waals surface area (Å²) in [7, 11) is -7.23. The smallest absolute Gasteiger partial charge is 0.261 e. The minimum atomic E-state index is -3.81. The van der Waals surface area contributed by atoms with Crippen LogP contribution in [0.2, 0.25) is 0 Å². The summed E-state index contributed by atoms with van der Waals surface area (Å²) in [6, 6.07) is 13.0. The minimum Gasteiger partial charge on any atom is -0.312 e. The average Bonchev–Trinajstić information content (AvgIpc) is 2.74. The van der Waals surface area contributed by atoms with Gasteiger partial charge < -0.3 is 5.32 Å². The maximum Gasteiger partial charge on any atom is 0.261 e. The molecule has 9 heteroatoms. The molecule has 2 aromatic rings. The monoisotopic (exact) mass is 479 g/mol. The van der Waals surface area contributed by atoms with Gasteiger partial charge in [-0.25, -0.2) is 16.8 Å². The Bertz CT molecular complexity index is 1090. The molecule has 1 aliphatic carbocycles. The maximum absolute atomic E-state index is 12.9. The second kappa shape index (κ2) is 10.7. The first-order valence-corrected chi connectivity index (χ1v) is 14.4. The molecule has 1 saturated carbocycles. The summed E-state index contributed by atoms with van der Waals surface area (Å²) in [5.41, 5.74) is 1.72. The molecule has 0 spiro atoms. The number of rotatable bonds is 10. The molecule has 7 nitrogen and oxygen atoms in total. The van der Waals surface area contributed by atoms with E-state index in [0.29, 0.717) is 23.8 Å². The fourth-order valence-electron chi connectivity index (χ4n) is 4.20. The van der Waals surface area contributed by atoms with Gasteiger partial charge in [-0.2, -0.15) is 0 Å². The van der Waals surface area contributed by atoms with E-state index in [-0.39, 0.29) is 4.90 Å². The summed E-state index contributed by atoms with van der Waals surface area (Å²) >= 11 is 0. The summed E-state index contributed by atoms with van der Waals surface area (Å²) in [4.78, 5) is 0.0604. The van der Waals surface area contributed by atoms with Gasteiger partial charge in [-0.05, 0) is 54.3 Å². The second-order valence-corrected chi connectivity index (χ2v) is 12.1. The zero-order chi connectivity index (χ0) is 23.2. The Kier molecular flexibility index (Phi) is 8.19. The van der Waals surface area contributed by atoms with E-state index in [0.717, 1.165) is 24.3 Å². The van der Waals surface area contributed by atoms with Gasteiger partial charge in [0.05, 0.1) is 16.8 Å². The van der Waals surface area contributed by atoms with Crippen molar-refractivity contribution in [3.05, 3.63) is 54.1 Å². The fourth-order valence-corrected chi connectivity index (χ4v) is 5.86. The van der Waals surface area contributed by atoms with E-state index >= 15 is 0 Å². The normalized spacial score (nSPS) is 16.4. The van der Waals surface area contributed by atoms with Crippen molar-refractivity contribution in [1.82, 2.24) is 5.32 Å². The number of hydrogen-bond donors (Lipinski definition) is 3. The van der Waals surface area contributed by atoms with E-state index in [9.17, 15) is 16.8 Å². The Morgan fingerprint density at radius 1 is 0.906 bits per heavy atom. The molecule has 3 N–H and O–H groups in total. The van der Waals surface area contributed by atoms with Gasteiger partial charge in [0.2, 0.25) is 10.0 Å². The standard InChI is InChI=1S/C23H33N3O4S2/c1-18(19-8-4-3-5-9-19)16-24-17-20-10-6-7-11-23(20)26-32(29,30)22-14-12-21(13-15-22)25-31(2,27)28/h6-7,10-15,18-19,24-26H,3-5,8-9,16-17H2,1-2H3. The highest BCUT2D eigenvalue weighted by Crippen LogP contribution is 2.29. The highest BCUT2D eigenvalue weighted by atomic mass is 32.2. The molecule has 1 unspecified atom stereocenters. The Balaban J connectivity index is 1.63. The van der Waals surface area contributed by atoms with Crippen LogP contribution in [0.3, 0.4) is 0 Å². The third kappa shape index (κ3) is 7.21. The molecule has 0 heterocycles. The Morgan fingerprint density at radius 3 is 2.22 bits per heavy atom. The molecule has 3 rings (SSSR count). The van der Waals surface area contributed by atoms with Crippen molar-refractivity contribution < 1.29 is 16.8 Å². The van der Waals surface area contributed by atoms with Crippen molar-refractivity contribution in [1.29, 1.82) is 0 Å². The van der Waals surface area contributed by atoms with Gasteiger partial charge in [0.1, 0.15) is 0 Å². The summed E-state index contributed by atoms with van der Waals surface area (Å²) in [6.07, 6.45) is 7.65. The quantitative estimate of drug-likeness (QED) is 0.475. The van der Waals surface area contributed by atoms with Gasteiger partial charge in [0.15, 0.2) is 0 Å². The average molecular weight is 480 g/mol. The lowest BCUT2D eigenvalue weighted by Crippen LogP contribution is -2.27. The van der Waals surface area contributed by atoms with Crippen molar-refractivity contribution in [2.75, 3.05) is 22.2 Å². The highest BCUT2D eigenvalue weighted by molar-refractivity contribution is 7.92. The Morgan fingerprint density at radius 2 is 1.56 bits per heavy atom. The first-order chi connectivity index (χ1) is 15.1. The zero-order valence-electron chi connectivity index (χ0n) is 18.7. The molecule has 32 heavy (non-hydrogen) atoms. The molecule has 0 aromatic heterocycles. The van der Waals surface area contributed by atoms with Crippen LogP contribution in [-0.2, 0) is 26.6 Å². The minimum absolute atomic E-state index is 0.0604. The number of para-hydroxylation sites is 1. The van der Waals surface area contributed by atoms with Gasteiger partial charge in [-0.15, -0.1) is 0 Å². The van der Waals surface area contributed by atoms with Crippen LogP contribution in [0, 0.1) is 11.8 Å². The number of hydrogen-bond acceptors (Lipinski definition) is 5. The van der Waals surface area contributed by atoms with Gasteiger partial charge in [-0.3, -0.25) is 9.44 Å². The molecule has 176 valence electrons. The molecule has 0 radical (unpaired) electrons. The first-order valence-electron chi connectivity index (χ1n) is 11.0. The molecule has 1 atom stereocenters. The van der Waals surface area contributed by atoms with Gasteiger partial charge >= 0.3 is 0 Å². The lowest BCUT2D eigenvalue weighted by Gasteiger charge is -2.28. The molecule has 1 aliphatic rings. The largest absolute Gasteiger partial charge is 0.312 e. The van der Waals surface area contributed by atoms with E-state index in [4.69, 9.17) is 0 Å². The van der Waals surface area contributed by atoms with Crippen molar-refractivity contribution in [2.24, 2.45) is 11.8 Å². The van der Waals surface area contributed by atoms with Crippen LogP contribution in [0.5, 0.6) is 0 Å². The lowest BCUT2D eigenvalue weighted by atomic mass is 9.81. The molecule has 0 amide bonds. The van der Waals surface area contributed by atoms with E-state index in [1.807, 2.05) is 12.1 Å². The zero-order valence-corrected chi connectivity index (χ0v) is 20.3. The van der Waals surface area contributed by atoms with Gasteiger partial charge in [0, 0.05) is 12.2 Å². The van der Waals surface area contributed by atoms with Crippen molar-refractivity contribution in [2.45, 2.75) is 50.5 Å². The van der Waals surface area contributed by atoms with Gasteiger partial charge in [-0.1, -0.05) is 57.2 Å². The SMILES string of the molecule is CC(CNCc1ccccc1NS(=O)(=O)c1ccc(NS(C)(=O)=O)cc1)C1CCCCC1. The predicted molar refractivity (Wildman–Crippen MR) is 130 cm³/mol. The van der Waals surface area contributed by atoms with Gasteiger partial charge in [0.25, 0.3) is 10.0 Å². The number of benzene rings is 2. The lowest BCUT2D eigenvalue weighted by molar-refractivity contribution is 0.256. The van der Waals surface area contributed by atoms with Crippen molar-refractivity contribution in [3.8, 4) is 0 Å². The number of nitrogens with one attached hydrogen (secondary N) is 3. The number of sulfonamides is 2. The van der Waals surface area contributed by atoms with E-state index in [1.54, 1.807) is 12.1 Å². The molecular formula is C23H33N3O4S2. The van der Waals surface area contributed by atoms with Crippen molar-refractivity contribution >= 4 is 31.4 Å². The predicted octanol–water partition coefficient (Wildman–Crippen LogP) is 4.16. The summed E-state index contributed by atoms with van der Waals surface area (Å²) in [6.45, 7) is 3.77. The van der Waals surface area contributed by atoms with Crippen molar-refractivity contribution in [3.63, 3.8) is 0 Å². The van der Waals surface area contributed by atoms with E-state index in [1.165, 1.54) is 56.4 Å². The third-order valence-corrected chi connectivity index (χ3v) is 7.95. The maximum atomic E-state index is 12.9.